The third kappa shape index (κ3) is 4.94. The minimum atomic E-state index is -0.375. The van der Waals surface area contributed by atoms with E-state index in [4.69, 9.17) is 15.5 Å². The van der Waals surface area contributed by atoms with Gasteiger partial charge in [-0.3, -0.25) is 19.1 Å². The molecule has 1 fully saturated rings. The maximum atomic E-state index is 13.1. The third-order valence-corrected chi connectivity index (χ3v) is 6.91. The minimum absolute atomic E-state index is 0.205. The maximum Gasteiger partial charge on any atom is 0.410 e. The molecule has 0 aliphatic carbocycles. The molecule has 1 aliphatic rings. The Hall–Kier alpha value is -5.25. The first-order chi connectivity index (χ1) is 19.6. The van der Waals surface area contributed by atoms with Crippen molar-refractivity contribution >= 4 is 29.0 Å². The van der Waals surface area contributed by atoms with E-state index >= 15 is 0 Å². The van der Waals surface area contributed by atoms with E-state index in [2.05, 4.69) is 15.3 Å². The summed E-state index contributed by atoms with van der Waals surface area (Å²) in [4.78, 5) is 40.7. The van der Waals surface area contributed by atoms with Gasteiger partial charge in [-0.25, -0.2) is 14.8 Å². The first-order valence-corrected chi connectivity index (χ1v) is 13.0. The van der Waals surface area contributed by atoms with Crippen molar-refractivity contribution in [1.82, 2.24) is 24.3 Å². The standard InChI is InChI=1S/C30H27N7O3/c31-27-26-25(21-11-13-22(14-12-21)34-29(38)23-9-4-5-15-32-23)35-28(37(26)18-16-33-27)24-10-6-17-36(24)30(39)40-19-20-7-2-1-3-8-20/h1-5,7-9,11-16,18,24H,6,10,17,19H2,(H2,31,33)(H,34,38)/t24-/m0/s1. The van der Waals surface area contributed by atoms with Crippen molar-refractivity contribution in [2.45, 2.75) is 25.5 Å². The Morgan fingerprint density at radius 2 is 1.77 bits per heavy atom. The second-order valence-electron chi connectivity index (χ2n) is 9.49. The average molecular weight is 534 g/mol. The Kier molecular flexibility index (Phi) is 6.80. The van der Waals surface area contributed by atoms with E-state index in [-0.39, 0.29) is 24.6 Å². The van der Waals surface area contributed by atoms with Crippen molar-refractivity contribution in [3.63, 3.8) is 0 Å². The number of amides is 2. The molecule has 10 nitrogen and oxygen atoms in total. The number of nitrogens with one attached hydrogen (secondary N) is 1. The van der Waals surface area contributed by atoms with Crippen molar-refractivity contribution in [1.29, 1.82) is 0 Å². The number of fused-ring (bicyclic) bond motifs is 1. The summed E-state index contributed by atoms with van der Waals surface area (Å²) in [5, 5.41) is 2.86. The fourth-order valence-electron chi connectivity index (χ4n) is 4.98. The zero-order valence-corrected chi connectivity index (χ0v) is 21.6. The molecule has 6 rings (SSSR count). The van der Waals surface area contributed by atoms with Gasteiger partial charge >= 0.3 is 6.09 Å². The highest BCUT2D eigenvalue weighted by atomic mass is 16.6. The van der Waals surface area contributed by atoms with Crippen LogP contribution in [0.1, 0.15) is 40.8 Å². The molecule has 4 heterocycles. The number of pyridine rings is 1. The fourth-order valence-corrected chi connectivity index (χ4v) is 4.98. The van der Waals surface area contributed by atoms with Gasteiger partial charge in [0.15, 0.2) is 0 Å². The monoisotopic (exact) mass is 533 g/mol. The second kappa shape index (κ2) is 10.9. The number of hydrogen-bond donors (Lipinski definition) is 2. The van der Waals surface area contributed by atoms with Gasteiger partial charge in [0, 0.05) is 36.4 Å². The number of nitrogens with two attached hydrogens (primary N) is 1. The van der Waals surface area contributed by atoms with Gasteiger partial charge in [0.2, 0.25) is 0 Å². The minimum Gasteiger partial charge on any atom is -0.445 e. The summed E-state index contributed by atoms with van der Waals surface area (Å²) in [5.41, 5.74) is 10.3. The van der Waals surface area contributed by atoms with Gasteiger partial charge in [0.25, 0.3) is 5.91 Å². The number of likely N-dealkylation sites (tertiary alicyclic amines) is 1. The number of carbonyl (C=O) groups excluding carboxylic acids is 2. The molecule has 0 unspecified atom stereocenters. The highest BCUT2D eigenvalue weighted by Gasteiger charge is 2.35. The van der Waals surface area contributed by atoms with Crippen LogP contribution in [0.2, 0.25) is 0 Å². The molecular formula is C30H27N7O3. The Morgan fingerprint density at radius 1 is 0.975 bits per heavy atom. The summed E-state index contributed by atoms with van der Waals surface area (Å²) in [5.74, 6) is 0.734. The van der Waals surface area contributed by atoms with E-state index in [0.29, 0.717) is 40.8 Å². The Balaban J connectivity index is 1.27. The van der Waals surface area contributed by atoms with Gasteiger partial charge < -0.3 is 15.8 Å². The van der Waals surface area contributed by atoms with Crippen LogP contribution in [0.3, 0.4) is 0 Å². The highest BCUT2D eigenvalue weighted by molar-refractivity contribution is 6.03. The molecule has 1 saturated heterocycles. The summed E-state index contributed by atoms with van der Waals surface area (Å²) in [6.07, 6.45) is 6.22. The Morgan fingerprint density at radius 3 is 2.55 bits per heavy atom. The SMILES string of the molecule is Nc1nccn2c([C@@H]3CCCN3C(=O)OCc3ccccc3)nc(-c3ccc(NC(=O)c4ccccn4)cc3)c12. The van der Waals surface area contributed by atoms with Crippen LogP contribution in [0.15, 0.2) is 91.4 Å². The molecule has 0 spiro atoms. The van der Waals surface area contributed by atoms with Crippen molar-refractivity contribution in [2.24, 2.45) is 0 Å². The molecule has 0 radical (unpaired) electrons. The molecular weight excluding hydrogens is 506 g/mol. The van der Waals surface area contributed by atoms with Gasteiger partial charge in [0.1, 0.15) is 35.2 Å². The van der Waals surface area contributed by atoms with Crippen LogP contribution in [0.4, 0.5) is 16.3 Å². The van der Waals surface area contributed by atoms with E-state index in [9.17, 15) is 9.59 Å². The molecule has 5 aromatic rings. The number of nitrogen functional groups attached to an aromatic ring is 1. The van der Waals surface area contributed by atoms with E-state index in [1.54, 1.807) is 47.6 Å². The maximum absolute atomic E-state index is 13.1. The topological polar surface area (TPSA) is 128 Å². The van der Waals surface area contributed by atoms with Gasteiger partial charge in [-0.15, -0.1) is 0 Å². The van der Waals surface area contributed by atoms with Crippen LogP contribution >= 0.6 is 0 Å². The van der Waals surface area contributed by atoms with E-state index in [1.165, 1.54) is 0 Å². The lowest BCUT2D eigenvalue weighted by atomic mass is 10.1. The summed E-state index contributed by atoms with van der Waals surface area (Å²) in [7, 11) is 0. The number of ether oxygens (including phenoxy) is 1. The molecule has 3 aromatic heterocycles. The molecule has 10 heteroatoms. The Labute approximate surface area is 230 Å². The first-order valence-electron chi connectivity index (χ1n) is 13.0. The lowest BCUT2D eigenvalue weighted by Gasteiger charge is -2.23. The van der Waals surface area contributed by atoms with Crippen LogP contribution < -0.4 is 11.1 Å². The molecule has 0 saturated carbocycles. The molecule has 0 bridgehead atoms. The van der Waals surface area contributed by atoms with Gasteiger partial charge in [0.05, 0.1) is 6.04 Å². The van der Waals surface area contributed by atoms with Crippen LogP contribution in [0.25, 0.3) is 16.8 Å². The van der Waals surface area contributed by atoms with E-state index in [1.807, 2.05) is 53.1 Å². The smallest absolute Gasteiger partial charge is 0.410 e. The van der Waals surface area contributed by atoms with Crippen molar-refractivity contribution in [3.05, 3.63) is 108 Å². The van der Waals surface area contributed by atoms with Gasteiger partial charge in [-0.05, 0) is 42.7 Å². The number of benzene rings is 2. The Bertz CT molecular complexity index is 1650. The zero-order valence-electron chi connectivity index (χ0n) is 21.6. The molecule has 1 atom stereocenters. The van der Waals surface area contributed by atoms with Crippen molar-refractivity contribution in [3.8, 4) is 11.3 Å². The van der Waals surface area contributed by atoms with E-state index < -0.39 is 0 Å². The first kappa shape index (κ1) is 25.1. The number of hydrogen-bond acceptors (Lipinski definition) is 7. The summed E-state index contributed by atoms with van der Waals surface area (Å²) >= 11 is 0. The normalized spacial score (nSPS) is 14.8. The quantitative estimate of drug-likeness (QED) is 0.311. The van der Waals surface area contributed by atoms with Crippen LogP contribution in [0.5, 0.6) is 0 Å². The highest BCUT2D eigenvalue weighted by Crippen LogP contribution is 2.37. The predicted molar refractivity (Wildman–Crippen MR) is 150 cm³/mol. The molecule has 40 heavy (non-hydrogen) atoms. The molecule has 2 amide bonds. The van der Waals surface area contributed by atoms with Crippen molar-refractivity contribution in [2.75, 3.05) is 17.6 Å². The number of rotatable bonds is 6. The molecule has 2 aromatic carbocycles. The summed E-state index contributed by atoms with van der Waals surface area (Å²) in [6, 6.07) is 21.8. The van der Waals surface area contributed by atoms with Crippen LogP contribution in [-0.4, -0.2) is 42.8 Å². The van der Waals surface area contributed by atoms with Gasteiger partial charge in [-0.1, -0.05) is 48.5 Å². The van der Waals surface area contributed by atoms with Gasteiger partial charge in [-0.2, -0.15) is 0 Å². The second-order valence-corrected chi connectivity index (χ2v) is 9.49. The predicted octanol–water partition coefficient (Wildman–Crippen LogP) is 5.10. The summed E-state index contributed by atoms with van der Waals surface area (Å²) < 4.78 is 7.55. The molecule has 3 N–H and O–H groups in total. The zero-order chi connectivity index (χ0) is 27.5. The number of nitrogens with zero attached hydrogens (tertiary/aromatic N) is 5. The number of anilines is 2. The number of aromatic nitrogens is 4. The lowest BCUT2D eigenvalue weighted by molar-refractivity contribution is 0.0907. The van der Waals surface area contributed by atoms with Crippen LogP contribution in [0, 0.1) is 0 Å². The summed E-state index contributed by atoms with van der Waals surface area (Å²) in [6.45, 7) is 0.782. The lowest BCUT2D eigenvalue weighted by Crippen LogP contribution is -2.32. The average Bonchev–Trinajstić information content (AvgIpc) is 3.63. The number of imidazole rings is 1. The third-order valence-electron chi connectivity index (χ3n) is 6.91. The fraction of sp³-hybridized carbons (Fsp3) is 0.167. The van der Waals surface area contributed by atoms with E-state index in [0.717, 1.165) is 24.0 Å². The van der Waals surface area contributed by atoms with Crippen LogP contribution in [-0.2, 0) is 11.3 Å². The van der Waals surface area contributed by atoms with Crippen molar-refractivity contribution < 1.29 is 14.3 Å². The molecule has 200 valence electrons. The molecule has 1 aliphatic heterocycles. The largest absolute Gasteiger partial charge is 0.445 e. The number of carbonyl (C=O) groups is 2.